The first-order valence-corrected chi connectivity index (χ1v) is 5.87. The molecule has 1 aromatic rings. The molecule has 0 radical (unpaired) electrons. The third kappa shape index (κ3) is 3.20. The number of halogens is 1. The topological polar surface area (TPSA) is 23.5 Å². The van der Waals surface area contributed by atoms with Gasteiger partial charge >= 0.3 is 0 Å². The molecule has 0 fully saturated rings. The summed E-state index contributed by atoms with van der Waals surface area (Å²) in [6.45, 7) is 5.79. The van der Waals surface area contributed by atoms with Crippen LogP contribution in [0.25, 0.3) is 0 Å². The van der Waals surface area contributed by atoms with Crippen LogP contribution in [0.4, 0.5) is 10.1 Å². The van der Waals surface area contributed by atoms with Crippen LogP contribution < -0.4 is 4.90 Å². The first-order chi connectivity index (χ1) is 7.72. The van der Waals surface area contributed by atoms with Gasteiger partial charge in [0.2, 0.25) is 0 Å². The highest BCUT2D eigenvalue weighted by atomic mass is 19.1. The van der Waals surface area contributed by atoms with E-state index in [2.05, 4.69) is 18.7 Å². The number of hydrogen-bond donors (Lipinski definition) is 1. The maximum absolute atomic E-state index is 13.8. The van der Waals surface area contributed by atoms with E-state index in [0.29, 0.717) is 11.3 Å². The lowest BCUT2D eigenvalue weighted by Crippen LogP contribution is -2.25. The minimum atomic E-state index is -0.242. The number of rotatable bonds is 6. The van der Waals surface area contributed by atoms with E-state index in [1.807, 2.05) is 0 Å². The lowest BCUT2D eigenvalue weighted by Gasteiger charge is -2.24. The smallest absolute Gasteiger partial charge is 0.146 e. The standard InChI is InChI=1S/C13H20FNO/c1-3-7-15(8-4-2)13-6-5-11(10-16)9-12(13)14/h5-6,9,16H,3-4,7-8,10H2,1-2H3. The van der Waals surface area contributed by atoms with Crippen LogP contribution >= 0.6 is 0 Å². The summed E-state index contributed by atoms with van der Waals surface area (Å²) in [5.41, 5.74) is 1.26. The molecule has 1 N–H and O–H groups in total. The third-order valence-electron chi connectivity index (χ3n) is 2.52. The fraction of sp³-hybridized carbons (Fsp3) is 0.538. The van der Waals surface area contributed by atoms with Crippen molar-refractivity contribution in [2.75, 3.05) is 18.0 Å². The van der Waals surface area contributed by atoms with Gasteiger partial charge in [0.1, 0.15) is 5.82 Å². The molecule has 0 amide bonds. The van der Waals surface area contributed by atoms with Crippen LogP contribution in [0, 0.1) is 5.82 Å². The van der Waals surface area contributed by atoms with Gasteiger partial charge in [0.15, 0.2) is 0 Å². The molecule has 0 aliphatic heterocycles. The van der Waals surface area contributed by atoms with Crippen molar-refractivity contribution in [2.24, 2.45) is 0 Å². The molecule has 0 spiro atoms. The maximum Gasteiger partial charge on any atom is 0.146 e. The first-order valence-electron chi connectivity index (χ1n) is 5.87. The van der Waals surface area contributed by atoms with Gasteiger partial charge in [-0.2, -0.15) is 0 Å². The molecule has 0 aliphatic carbocycles. The molecule has 90 valence electrons. The fourth-order valence-electron chi connectivity index (χ4n) is 1.80. The summed E-state index contributed by atoms with van der Waals surface area (Å²) >= 11 is 0. The lowest BCUT2D eigenvalue weighted by molar-refractivity contribution is 0.281. The Bertz CT molecular complexity index is 322. The number of nitrogens with zero attached hydrogens (tertiary/aromatic N) is 1. The van der Waals surface area contributed by atoms with Crippen molar-refractivity contribution in [3.63, 3.8) is 0 Å². The van der Waals surface area contributed by atoms with Gasteiger partial charge < -0.3 is 10.0 Å². The van der Waals surface area contributed by atoms with Gasteiger partial charge in [0.25, 0.3) is 0 Å². The summed E-state index contributed by atoms with van der Waals surface area (Å²) in [4.78, 5) is 2.05. The zero-order valence-electron chi connectivity index (χ0n) is 10.0. The quantitative estimate of drug-likeness (QED) is 0.804. The van der Waals surface area contributed by atoms with Crippen LogP contribution in [-0.2, 0) is 6.61 Å². The molecule has 3 heteroatoms. The Hall–Kier alpha value is -1.09. The van der Waals surface area contributed by atoms with Crippen molar-refractivity contribution in [1.82, 2.24) is 0 Å². The van der Waals surface area contributed by atoms with Crippen LogP contribution in [0.1, 0.15) is 32.3 Å². The van der Waals surface area contributed by atoms with Gasteiger partial charge in [-0.3, -0.25) is 0 Å². The average molecular weight is 225 g/mol. The average Bonchev–Trinajstić information content (AvgIpc) is 2.29. The van der Waals surface area contributed by atoms with Crippen molar-refractivity contribution in [3.8, 4) is 0 Å². The van der Waals surface area contributed by atoms with Crippen molar-refractivity contribution in [1.29, 1.82) is 0 Å². The number of benzene rings is 1. The molecular weight excluding hydrogens is 205 g/mol. The number of aliphatic hydroxyl groups excluding tert-OH is 1. The maximum atomic E-state index is 13.8. The molecule has 0 aliphatic rings. The van der Waals surface area contributed by atoms with Gasteiger partial charge in [-0.1, -0.05) is 19.9 Å². The molecule has 16 heavy (non-hydrogen) atoms. The number of aliphatic hydroxyl groups is 1. The molecular formula is C13H20FNO. The molecule has 0 saturated carbocycles. The van der Waals surface area contributed by atoms with Gasteiger partial charge in [-0.15, -0.1) is 0 Å². The van der Waals surface area contributed by atoms with Crippen molar-refractivity contribution < 1.29 is 9.50 Å². The summed E-state index contributed by atoms with van der Waals surface area (Å²) in [5.74, 6) is -0.242. The van der Waals surface area contributed by atoms with Gasteiger partial charge in [0, 0.05) is 13.1 Å². The van der Waals surface area contributed by atoms with E-state index >= 15 is 0 Å². The number of anilines is 1. The van der Waals surface area contributed by atoms with Crippen LogP contribution in [0.15, 0.2) is 18.2 Å². The Balaban J connectivity index is 2.90. The van der Waals surface area contributed by atoms with Gasteiger partial charge in [-0.25, -0.2) is 4.39 Å². The van der Waals surface area contributed by atoms with Gasteiger partial charge in [-0.05, 0) is 30.5 Å². The Morgan fingerprint density at radius 3 is 2.25 bits per heavy atom. The first kappa shape index (κ1) is 13.0. The highest BCUT2D eigenvalue weighted by Crippen LogP contribution is 2.21. The van der Waals surface area contributed by atoms with Crippen molar-refractivity contribution in [3.05, 3.63) is 29.6 Å². The molecule has 0 aromatic heterocycles. The molecule has 0 saturated heterocycles. The van der Waals surface area contributed by atoms with E-state index in [-0.39, 0.29) is 12.4 Å². The second-order valence-corrected chi connectivity index (χ2v) is 3.93. The van der Waals surface area contributed by atoms with Crippen LogP contribution in [0.5, 0.6) is 0 Å². The highest BCUT2D eigenvalue weighted by Gasteiger charge is 2.10. The Morgan fingerprint density at radius 1 is 1.19 bits per heavy atom. The lowest BCUT2D eigenvalue weighted by atomic mass is 10.2. The predicted molar refractivity (Wildman–Crippen MR) is 65.1 cm³/mol. The second kappa shape index (κ2) is 6.48. The molecule has 0 heterocycles. The minimum absolute atomic E-state index is 0.112. The minimum Gasteiger partial charge on any atom is -0.392 e. The largest absolute Gasteiger partial charge is 0.392 e. The summed E-state index contributed by atoms with van der Waals surface area (Å²) in [6, 6.07) is 4.94. The molecule has 1 rings (SSSR count). The molecule has 1 aromatic carbocycles. The fourth-order valence-corrected chi connectivity index (χ4v) is 1.80. The van der Waals surface area contributed by atoms with Crippen LogP contribution in [-0.4, -0.2) is 18.2 Å². The van der Waals surface area contributed by atoms with E-state index in [0.717, 1.165) is 25.9 Å². The van der Waals surface area contributed by atoms with Crippen LogP contribution in [0.3, 0.4) is 0 Å². The molecule has 2 nitrogen and oxygen atoms in total. The van der Waals surface area contributed by atoms with E-state index in [1.54, 1.807) is 12.1 Å². The van der Waals surface area contributed by atoms with Gasteiger partial charge in [0.05, 0.1) is 12.3 Å². The zero-order chi connectivity index (χ0) is 12.0. The highest BCUT2D eigenvalue weighted by molar-refractivity contribution is 5.49. The monoisotopic (exact) mass is 225 g/mol. The SMILES string of the molecule is CCCN(CCC)c1ccc(CO)cc1F. The summed E-state index contributed by atoms with van der Waals surface area (Å²) in [7, 11) is 0. The third-order valence-corrected chi connectivity index (χ3v) is 2.52. The Kier molecular flexibility index (Phi) is 5.26. The van der Waals surface area contributed by atoms with E-state index < -0.39 is 0 Å². The summed E-state index contributed by atoms with van der Waals surface area (Å²) in [6.07, 6.45) is 2.00. The number of hydrogen-bond acceptors (Lipinski definition) is 2. The molecule has 0 unspecified atom stereocenters. The van der Waals surface area contributed by atoms with Crippen molar-refractivity contribution in [2.45, 2.75) is 33.3 Å². The molecule has 0 atom stereocenters. The summed E-state index contributed by atoms with van der Waals surface area (Å²) < 4.78 is 13.8. The second-order valence-electron chi connectivity index (χ2n) is 3.93. The Morgan fingerprint density at radius 2 is 1.81 bits per heavy atom. The van der Waals surface area contributed by atoms with E-state index in [4.69, 9.17) is 5.11 Å². The van der Waals surface area contributed by atoms with Crippen LogP contribution in [0.2, 0.25) is 0 Å². The predicted octanol–water partition coefficient (Wildman–Crippen LogP) is 2.94. The normalized spacial score (nSPS) is 10.5. The molecule has 0 bridgehead atoms. The van der Waals surface area contributed by atoms with E-state index in [9.17, 15) is 4.39 Å². The Labute approximate surface area is 96.7 Å². The zero-order valence-corrected chi connectivity index (χ0v) is 10.0. The van der Waals surface area contributed by atoms with E-state index in [1.165, 1.54) is 6.07 Å². The van der Waals surface area contributed by atoms with Crippen molar-refractivity contribution >= 4 is 5.69 Å². The summed E-state index contributed by atoms with van der Waals surface area (Å²) in [5, 5.41) is 8.92.